The van der Waals surface area contributed by atoms with Crippen LogP contribution in [0.4, 0.5) is 0 Å². The number of nitrogens with zero attached hydrogens (tertiary/aromatic N) is 3. The van der Waals surface area contributed by atoms with Crippen LogP contribution in [-0.2, 0) is 4.79 Å². The molecule has 0 atom stereocenters. The topological polar surface area (TPSA) is 97.1 Å². The molecule has 7 heteroatoms. The Hall–Kier alpha value is -2.70. The second kappa shape index (κ2) is 6.66. The van der Waals surface area contributed by atoms with Crippen molar-refractivity contribution < 1.29 is 14.7 Å². The molecule has 0 unspecified atom stereocenters. The lowest BCUT2D eigenvalue weighted by Gasteiger charge is -2.33. The van der Waals surface area contributed by atoms with Crippen molar-refractivity contribution in [2.24, 2.45) is 0 Å². The zero-order valence-electron chi connectivity index (χ0n) is 14.5. The Kier molecular flexibility index (Phi) is 4.57. The number of benzene rings is 1. The molecule has 1 fully saturated rings. The van der Waals surface area contributed by atoms with Crippen molar-refractivity contribution in [1.29, 1.82) is 0 Å². The molecular weight excluding hydrogens is 320 g/mol. The fourth-order valence-corrected chi connectivity index (χ4v) is 3.37. The number of hydrogen-bond acceptors (Lipinski definition) is 4. The van der Waals surface area contributed by atoms with Crippen molar-refractivity contribution >= 4 is 11.9 Å². The number of rotatable bonds is 4. The van der Waals surface area contributed by atoms with Crippen molar-refractivity contribution in [1.82, 2.24) is 20.3 Å². The van der Waals surface area contributed by atoms with Gasteiger partial charge in [-0.3, -0.25) is 4.79 Å². The van der Waals surface area contributed by atoms with Crippen LogP contribution in [0.1, 0.15) is 53.8 Å². The highest BCUT2D eigenvalue weighted by Crippen LogP contribution is 2.29. The van der Waals surface area contributed by atoms with Crippen LogP contribution in [0.5, 0.6) is 0 Å². The molecular formula is C18H22N4O3. The summed E-state index contributed by atoms with van der Waals surface area (Å²) in [5.41, 5.74) is 1.43. The normalized spacial score (nSPS) is 16.4. The molecule has 0 bridgehead atoms. The van der Waals surface area contributed by atoms with Crippen LogP contribution in [-0.4, -0.2) is 37.5 Å². The summed E-state index contributed by atoms with van der Waals surface area (Å²) >= 11 is 0. The van der Waals surface area contributed by atoms with Crippen LogP contribution in [0.2, 0.25) is 0 Å². The van der Waals surface area contributed by atoms with E-state index in [0.717, 1.165) is 30.5 Å². The maximum atomic E-state index is 12.7. The first-order chi connectivity index (χ1) is 11.9. The molecule has 1 aromatic heterocycles. The van der Waals surface area contributed by atoms with Crippen LogP contribution in [0.25, 0.3) is 5.69 Å². The maximum Gasteiger partial charge on any atom is 0.329 e. The molecule has 0 spiro atoms. The molecule has 3 rings (SSSR count). The van der Waals surface area contributed by atoms with Gasteiger partial charge in [0.1, 0.15) is 5.54 Å². The highest BCUT2D eigenvalue weighted by atomic mass is 16.4. The number of carboxylic acids is 1. The summed E-state index contributed by atoms with van der Waals surface area (Å²) in [7, 11) is 0. The average Bonchev–Trinajstić information content (AvgIpc) is 2.97. The third-order valence-electron chi connectivity index (χ3n) is 4.83. The SMILES string of the molecule is Cc1cccc(-n2nnc(C(=O)NC3(C(=O)O)CCCCC3)c2C)c1. The fraction of sp³-hybridized carbons (Fsp3) is 0.444. The Morgan fingerprint density at radius 3 is 2.56 bits per heavy atom. The number of amides is 1. The molecule has 1 aliphatic carbocycles. The first kappa shape index (κ1) is 17.1. The van der Waals surface area contributed by atoms with Crippen molar-refractivity contribution in [3.8, 4) is 5.69 Å². The van der Waals surface area contributed by atoms with Gasteiger partial charge >= 0.3 is 5.97 Å². The molecule has 0 aliphatic heterocycles. The first-order valence-electron chi connectivity index (χ1n) is 8.48. The molecule has 1 amide bonds. The van der Waals surface area contributed by atoms with E-state index in [-0.39, 0.29) is 5.69 Å². The Morgan fingerprint density at radius 2 is 1.92 bits per heavy atom. The van der Waals surface area contributed by atoms with Crippen molar-refractivity contribution in [2.45, 2.75) is 51.5 Å². The number of aliphatic carboxylic acids is 1. The largest absolute Gasteiger partial charge is 0.480 e. The third kappa shape index (κ3) is 3.26. The number of aromatic nitrogens is 3. The van der Waals surface area contributed by atoms with Crippen LogP contribution < -0.4 is 5.32 Å². The molecule has 0 radical (unpaired) electrons. The van der Waals surface area contributed by atoms with E-state index in [1.54, 1.807) is 11.6 Å². The predicted molar refractivity (Wildman–Crippen MR) is 91.8 cm³/mol. The van der Waals surface area contributed by atoms with Gasteiger partial charge in [0.05, 0.1) is 11.4 Å². The molecule has 1 aromatic carbocycles. The summed E-state index contributed by atoms with van der Waals surface area (Å²) in [6, 6.07) is 7.72. The van der Waals surface area contributed by atoms with E-state index in [9.17, 15) is 14.7 Å². The van der Waals surface area contributed by atoms with Gasteiger partial charge in [0.25, 0.3) is 5.91 Å². The lowest BCUT2D eigenvalue weighted by Crippen LogP contribution is -2.55. The monoisotopic (exact) mass is 342 g/mol. The molecule has 2 aromatic rings. The predicted octanol–water partition coefficient (Wildman–Crippen LogP) is 2.40. The van der Waals surface area contributed by atoms with Gasteiger partial charge < -0.3 is 10.4 Å². The van der Waals surface area contributed by atoms with Gasteiger partial charge in [-0.15, -0.1) is 5.10 Å². The van der Waals surface area contributed by atoms with E-state index in [4.69, 9.17) is 0 Å². The van der Waals surface area contributed by atoms with E-state index in [0.29, 0.717) is 18.5 Å². The van der Waals surface area contributed by atoms with E-state index in [2.05, 4.69) is 15.6 Å². The molecule has 25 heavy (non-hydrogen) atoms. The van der Waals surface area contributed by atoms with E-state index in [1.165, 1.54) is 0 Å². The summed E-state index contributed by atoms with van der Waals surface area (Å²) in [5.74, 6) is -1.47. The Morgan fingerprint density at radius 1 is 1.20 bits per heavy atom. The molecule has 1 saturated carbocycles. The van der Waals surface area contributed by atoms with Crippen LogP contribution in [0, 0.1) is 13.8 Å². The number of aryl methyl sites for hydroxylation is 1. The molecule has 0 saturated heterocycles. The molecule has 2 N–H and O–H groups in total. The summed E-state index contributed by atoms with van der Waals surface area (Å²) in [4.78, 5) is 24.4. The highest BCUT2D eigenvalue weighted by Gasteiger charge is 2.41. The number of carbonyl (C=O) groups is 2. The number of nitrogens with one attached hydrogen (secondary N) is 1. The quantitative estimate of drug-likeness (QED) is 0.889. The number of carboxylic acid groups (broad SMARTS) is 1. The molecule has 1 heterocycles. The van der Waals surface area contributed by atoms with Gasteiger partial charge in [0.2, 0.25) is 0 Å². The van der Waals surface area contributed by atoms with Crippen molar-refractivity contribution in [3.63, 3.8) is 0 Å². The average molecular weight is 342 g/mol. The zero-order valence-corrected chi connectivity index (χ0v) is 14.5. The summed E-state index contributed by atoms with van der Waals surface area (Å²) in [6.45, 7) is 3.73. The third-order valence-corrected chi connectivity index (χ3v) is 4.83. The summed E-state index contributed by atoms with van der Waals surface area (Å²) in [5, 5.41) is 20.4. The summed E-state index contributed by atoms with van der Waals surface area (Å²) in [6.07, 6.45) is 3.47. The molecule has 1 aliphatic rings. The van der Waals surface area contributed by atoms with Crippen LogP contribution in [0.3, 0.4) is 0 Å². The van der Waals surface area contributed by atoms with Crippen LogP contribution >= 0.6 is 0 Å². The number of carbonyl (C=O) groups excluding carboxylic acids is 1. The second-order valence-corrected chi connectivity index (χ2v) is 6.68. The van der Waals surface area contributed by atoms with Crippen molar-refractivity contribution in [3.05, 3.63) is 41.2 Å². The summed E-state index contributed by atoms with van der Waals surface area (Å²) < 4.78 is 1.59. The maximum absolute atomic E-state index is 12.7. The minimum atomic E-state index is -1.20. The first-order valence-corrected chi connectivity index (χ1v) is 8.48. The standard InChI is InChI=1S/C18H22N4O3/c1-12-7-6-8-14(11-12)22-13(2)15(20-21-22)16(23)19-18(17(24)25)9-4-3-5-10-18/h6-8,11H,3-5,9-10H2,1-2H3,(H,19,23)(H,24,25). The van der Waals surface area contributed by atoms with E-state index < -0.39 is 17.4 Å². The van der Waals surface area contributed by atoms with Gasteiger partial charge in [-0.2, -0.15) is 0 Å². The Balaban J connectivity index is 1.87. The highest BCUT2D eigenvalue weighted by molar-refractivity contribution is 5.97. The Bertz CT molecular complexity index is 806. The van der Waals surface area contributed by atoms with Gasteiger partial charge in [-0.25, -0.2) is 9.48 Å². The molecule has 132 valence electrons. The van der Waals surface area contributed by atoms with E-state index in [1.807, 2.05) is 31.2 Å². The van der Waals surface area contributed by atoms with Gasteiger partial charge in [-0.05, 0) is 44.4 Å². The van der Waals surface area contributed by atoms with Crippen molar-refractivity contribution in [2.75, 3.05) is 0 Å². The van der Waals surface area contributed by atoms with Crippen LogP contribution in [0.15, 0.2) is 24.3 Å². The second-order valence-electron chi connectivity index (χ2n) is 6.68. The van der Waals surface area contributed by atoms with Gasteiger partial charge in [-0.1, -0.05) is 36.6 Å². The lowest BCUT2D eigenvalue weighted by molar-refractivity contribution is -0.145. The zero-order chi connectivity index (χ0) is 18.0. The van der Waals surface area contributed by atoms with Gasteiger partial charge in [0.15, 0.2) is 5.69 Å². The molecule has 7 nitrogen and oxygen atoms in total. The smallest absolute Gasteiger partial charge is 0.329 e. The minimum absolute atomic E-state index is 0.160. The van der Waals surface area contributed by atoms with Gasteiger partial charge in [0, 0.05) is 0 Å². The minimum Gasteiger partial charge on any atom is -0.480 e. The Labute approximate surface area is 146 Å². The lowest BCUT2D eigenvalue weighted by atomic mass is 9.81. The number of hydrogen-bond donors (Lipinski definition) is 2. The fourth-order valence-electron chi connectivity index (χ4n) is 3.37. The van der Waals surface area contributed by atoms with E-state index >= 15 is 0 Å².